The van der Waals surface area contributed by atoms with Crippen LogP contribution >= 0.6 is 0 Å². The van der Waals surface area contributed by atoms with Crippen molar-refractivity contribution in [1.29, 1.82) is 0 Å². The van der Waals surface area contributed by atoms with Gasteiger partial charge in [0.25, 0.3) is 0 Å². The van der Waals surface area contributed by atoms with E-state index in [4.69, 9.17) is 5.11 Å². The summed E-state index contributed by atoms with van der Waals surface area (Å²) in [4.78, 5) is 11.9. The van der Waals surface area contributed by atoms with Crippen molar-refractivity contribution in [2.24, 2.45) is 5.41 Å². The van der Waals surface area contributed by atoms with Crippen LogP contribution in [0.2, 0.25) is 0 Å². The zero-order chi connectivity index (χ0) is 15.9. The number of amides is 1. The topological polar surface area (TPSA) is 69.6 Å². The molecule has 4 nitrogen and oxygen atoms in total. The van der Waals surface area contributed by atoms with Crippen molar-refractivity contribution in [3.05, 3.63) is 35.9 Å². The third-order valence-corrected chi connectivity index (χ3v) is 3.68. The number of hydrogen-bond acceptors (Lipinski definition) is 3. The van der Waals surface area contributed by atoms with Crippen LogP contribution in [0.4, 0.5) is 0 Å². The van der Waals surface area contributed by atoms with Crippen LogP contribution in [-0.4, -0.2) is 29.3 Å². The van der Waals surface area contributed by atoms with Gasteiger partial charge in [0.2, 0.25) is 5.91 Å². The second-order valence-corrected chi connectivity index (χ2v) is 6.59. The molecule has 0 heterocycles. The van der Waals surface area contributed by atoms with E-state index >= 15 is 0 Å². The van der Waals surface area contributed by atoms with Gasteiger partial charge in [0.1, 0.15) is 0 Å². The number of hydrogen-bond donors (Lipinski definition) is 3. The highest BCUT2D eigenvalue weighted by Gasteiger charge is 2.26. The van der Waals surface area contributed by atoms with Gasteiger partial charge in [-0.2, -0.15) is 0 Å². The predicted molar refractivity (Wildman–Crippen MR) is 83.7 cm³/mol. The minimum Gasteiger partial charge on any atom is -0.396 e. The van der Waals surface area contributed by atoms with E-state index in [-0.39, 0.29) is 24.3 Å². The lowest BCUT2D eigenvalue weighted by Gasteiger charge is -2.24. The first kappa shape index (κ1) is 17.7. The normalized spacial score (nSPS) is 14.5. The molecule has 1 atom stereocenters. The summed E-state index contributed by atoms with van der Waals surface area (Å²) in [5.41, 5.74) is -0.530. The first-order chi connectivity index (χ1) is 9.77. The molecule has 1 unspecified atom stereocenters. The van der Waals surface area contributed by atoms with E-state index in [0.29, 0.717) is 6.54 Å². The minimum atomic E-state index is -1.16. The molecule has 0 fully saturated rings. The van der Waals surface area contributed by atoms with E-state index in [1.807, 2.05) is 44.2 Å². The summed E-state index contributed by atoms with van der Waals surface area (Å²) >= 11 is 0. The Bertz CT molecular complexity index is 441. The lowest BCUT2D eigenvalue weighted by molar-refractivity contribution is -0.125. The molecule has 0 saturated carbocycles. The molecule has 0 bridgehead atoms. The molecule has 4 heteroatoms. The summed E-state index contributed by atoms with van der Waals surface area (Å²) in [6.45, 7) is 6.34. The fourth-order valence-corrected chi connectivity index (χ4v) is 2.15. The second-order valence-electron chi connectivity index (χ2n) is 6.59. The molecule has 1 rings (SSSR count). The number of rotatable bonds is 8. The largest absolute Gasteiger partial charge is 0.396 e. The predicted octanol–water partition coefficient (Wildman–Crippen LogP) is 2.20. The third kappa shape index (κ3) is 6.27. The zero-order valence-electron chi connectivity index (χ0n) is 13.2. The first-order valence-electron chi connectivity index (χ1n) is 7.42. The summed E-state index contributed by atoms with van der Waals surface area (Å²) in [5.74, 6) is -0.161. The van der Waals surface area contributed by atoms with E-state index < -0.39 is 5.60 Å². The van der Waals surface area contributed by atoms with Gasteiger partial charge in [0.15, 0.2) is 0 Å². The molecule has 1 aromatic carbocycles. The van der Waals surface area contributed by atoms with Crippen LogP contribution in [0.25, 0.3) is 0 Å². The number of carbonyl (C=O) groups is 1. The number of nitrogens with one attached hydrogen (secondary N) is 1. The van der Waals surface area contributed by atoms with Crippen molar-refractivity contribution in [3.8, 4) is 0 Å². The number of benzene rings is 1. The van der Waals surface area contributed by atoms with Crippen LogP contribution in [0.3, 0.4) is 0 Å². The molecule has 0 aliphatic carbocycles. The highest BCUT2D eigenvalue weighted by molar-refractivity contribution is 5.77. The Kier molecular flexibility index (Phi) is 6.37. The molecule has 1 amide bonds. The Morgan fingerprint density at radius 3 is 2.38 bits per heavy atom. The molecular formula is C17H27NO3. The fraction of sp³-hybridized carbons (Fsp3) is 0.588. The summed E-state index contributed by atoms with van der Waals surface area (Å²) in [7, 11) is 0. The molecule has 0 saturated heterocycles. The Morgan fingerprint density at radius 2 is 1.81 bits per heavy atom. The van der Waals surface area contributed by atoms with Gasteiger partial charge in [0.05, 0.1) is 12.0 Å². The average molecular weight is 293 g/mol. The smallest absolute Gasteiger partial charge is 0.223 e. The molecule has 118 valence electrons. The lowest BCUT2D eigenvalue weighted by Crippen LogP contribution is -2.33. The van der Waals surface area contributed by atoms with Crippen molar-refractivity contribution >= 4 is 5.91 Å². The van der Waals surface area contributed by atoms with Gasteiger partial charge < -0.3 is 15.5 Å². The van der Waals surface area contributed by atoms with E-state index in [0.717, 1.165) is 18.4 Å². The molecule has 21 heavy (non-hydrogen) atoms. The number of aliphatic hydroxyl groups is 2. The van der Waals surface area contributed by atoms with Crippen molar-refractivity contribution < 1.29 is 15.0 Å². The molecule has 3 N–H and O–H groups in total. The number of aliphatic hydroxyl groups excluding tert-OH is 1. The second kappa shape index (κ2) is 7.57. The van der Waals surface area contributed by atoms with Crippen molar-refractivity contribution in [3.63, 3.8) is 0 Å². The average Bonchev–Trinajstić information content (AvgIpc) is 2.44. The van der Waals surface area contributed by atoms with Gasteiger partial charge in [-0.1, -0.05) is 44.2 Å². The Balaban J connectivity index is 2.37. The summed E-state index contributed by atoms with van der Waals surface area (Å²) in [6, 6.07) is 9.20. The van der Waals surface area contributed by atoms with Gasteiger partial charge in [-0.3, -0.25) is 4.79 Å². The highest BCUT2D eigenvalue weighted by atomic mass is 16.3. The standard InChI is InChI=1S/C17H27NO3/c1-16(2,13-19)10-7-11-18-15(20)12-17(3,21)14-8-5-4-6-9-14/h4-6,8-9,19,21H,7,10-13H2,1-3H3,(H,18,20). The van der Waals surface area contributed by atoms with Crippen molar-refractivity contribution in [2.45, 2.75) is 45.6 Å². The van der Waals surface area contributed by atoms with Gasteiger partial charge in [0, 0.05) is 13.2 Å². The third-order valence-electron chi connectivity index (χ3n) is 3.68. The summed E-state index contributed by atoms with van der Waals surface area (Å²) < 4.78 is 0. The van der Waals surface area contributed by atoms with Gasteiger partial charge in [-0.05, 0) is 30.7 Å². The van der Waals surface area contributed by atoms with Crippen molar-refractivity contribution in [2.75, 3.05) is 13.2 Å². The quantitative estimate of drug-likeness (QED) is 0.644. The molecule has 0 spiro atoms. The van der Waals surface area contributed by atoms with E-state index in [1.54, 1.807) is 6.92 Å². The maximum Gasteiger partial charge on any atom is 0.223 e. The van der Waals surface area contributed by atoms with Crippen LogP contribution in [-0.2, 0) is 10.4 Å². The molecule has 0 aliphatic heterocycles. The van der Waals surface area contributed by atoms with Crippen LogP contribution in [0, 0.1) is 5.41 Å². The fourth-order valence-electron chi connectivity index (χ4n) is 2.15. The Hall–Kier alpha value is -1.39. The molecule has 0 radical (unpaired) electrons. The van der Waals surface area contributed by atoms with E-state index in [1.165, 1.54) is 0 Å². The minimum absolute atomic E-state index is 0.0421. The zero-order valence-corrected chi connectivity index (χ0v) is 13.2. The van der Waals surface area contributed by atoms with Gasteiger partial charge >= 0.3 is 0 Å². The van der Waals surface area contributed by atoms with E-state index in [2.05, 4.69) is 5.32 Å². The monoisotopic (exact) mass is 293 g/mol. The lowest BCUT2D eigenvalue weighted by atomic mass is 9.89. The van der Waals surface area contributed by atoms with Crippen LogP contribution in [0.1, 0.15) is 45.6 Å². The number of carbonyl (C=O) groups excluding carboxylic acids is 1. The van der Waals surface area contributed by atoms with Gasteiger partial charge in [-0.15, -0.1) is 0 Å². The SMILES string of the molecule is CC(C)(CO)CCCNC(=O)CC(C)(O)c1ccccc1. The molecule has 0 aliphatic rings. The van der Waals surface area contributed by atoms with E-state index in [9.17, 15) is 9.90 Å². The summed E-state index contributed by atoms with van der Waals surface area (Å²) in [6.07, 6.45) is 1.70. The maximum atomic E-state index is 11.9. The van der Waals surface area contributed by atoms with Crippen molar-refractivity contribution in [1.82, 2.24) is 5.32 Å². The molecule has 0 aromatic heterocycles. The van der Waals surface area contributed by atoms with Crippen LogP contribution in [0.15, 0.2) is 30.3 Å². The van der Waals surface area contributed by atoms with Gasteiger partial charge in [-0.25, -0.2) is 0 Å². The van der Waals surface area contributed by atoms with Crippen LogP contribution < -0.4 is 5.32 Å². The Morgan fingerprint density at radius 1 is 1.19 bits per heavy atom. The molecular weight excluding hydrogens is 266 g/mol. The Labute approximate surface area is 127 Å². The first-order valence-corrected chi connectivity index (χ1v) is 7.42. The molecule has 1 aromatic rings. The van der Waals surface area contributed by atoms with Crippen LogP contribution in [0.5, 0.6) is 0 Å². The highest BCUT2D eigenvalue weighted by Crippen LogP contribution is 2.24. The summed E-state index contributed by atoms with van der Waals surface area (Å²) in [5, 5.41) is 22.4. The maximum absolute atomic E-state index is 11.9.